The number of aromatic nitrogens is 3. The zero-order chi connectivity index (χ0) is 22.8. The number of imidazole rings is 1. The largest absolute Gasteiger partial charge is 0.322 e. The van der Waals surface area contributed by atoms with E-state index in [1.54, 1.807) is 35.4 Å². The second-order valence-electron chi connectivity index (χ2n) is 7.89. The number of hydrogen-bond donors (Lipinski definition) is 1. The SMILES string of the molecule is O=C(Nc1cccc(Cl)c1)N1CCN(Cc2nc3cccnc3n2-c2cccc(F)c2)CC1. The Bertz CT molecular complexity index is 1300. The van der Waals surface area contributed by atoms with Crippen LogP contribution in [0.2, 0.25) is 5.02 Å². The van der Waals surface area contributed by atoms with E-state index in [9.17, 15) is 9.18 Å². The molecule has 1 aliphatic rings. The highest BCUT2D eigenvalue weighted by Gasteiger charge is 2.23. The van der Waals surface area contributed by atoms with Crippen molar-refractivity contribution in [2.75, 3.05) is 31.5 Å². The van der Waals surface area contributed by atoms with Gasteiger partial charge in [0, 0.05) is 43.1 Å². The molecule has 1 aliphatic heterocycles. The molecular weight excluding hydrogens is 443 g/mol. The van der Waals surface area contributed by atoms with Crippen molar-refractivity contribution in [3.63, 3.8) is 0 Å². The van der Waals surface area contributed by atoms with Gasteiger partial charge in [0.1, 0.15) is 17.2 Å². The van der Waals surface area contributed by atoms with Gasteiger partial charge < -0.3 is 10.2 Å². The molecule has 0 atom stereocenters. The zero-order valence-corrected chi connectivity index (χ0v) is 18.5. The fourth-order valence-corrected chi connectivity index (χ4v) is 4.22. The quantitative estimate of drug-likeness (QED) is 0.480. The van der Waals surface area contributed by atoms with Gasteiger partial charge in [-0.15, -0.1) is 0 Å². The summed E-state index contributed by atoms with van der Waals surface area (Å²) >= 11 is 6.00. The maximum absolute atomic E-state index is 13.9. The van der Waals surface area contributed by atoms with E-state index in [2.05, 4.69) is 15.2 Å². The molecule has 2 amide bonds. The molecule has 0 saturated carbocycles. The van der Waals surface area contributed by atoms with Gasteiger partial charge in [0.2, 0.25) is 0 Å². The first kappa shape index (κ1) is 21.4. The second-order valence-corrected chi connectivity index (χ2v) is 8.33. The summed E-state index contributed by atoms with van der Waals surface area (Å²) < 4.78 is 15.8. The van der Waals surface area contributed by atoms with Crippen molar-refractivity contribution in [1.82, 2.24) is 24.3 Å². The molecule has 2 aromatic heterocycles. The zero-order valence-electron chi connectivity index (χ0n) is 17.8. The van der Waals surface area contributed by atoms with Crippen LogP contribution in [0.5, 0.6) is 0 Å². The normalized spacial score (nSPS) is 14.5. The average Bonchev–Trinajstić information content (AvgIpc) is 3.17. The molecule has 0 spiro atoms. The summed E-state index contributed by atoms with van der Waals surface area (Å²) in [7, 11) is 0. The Hall–Kier alpha value is -3.49. The molecule has 2 aromatic carbocycles. The molecule has 0 radical (unpaired) electrons. The topological polar surface area (TPSA) is 66.3 Å². The minimum absolute atomic E-state index is 0.145. The summed E-state index contributed by atoms with van der Waals surface area (Å²) in [5, 5.41) is 3.47. The Morgan fingerprint density at radius 3 is 2.64 bits per heavy atom. The third-order valence-corrected chi connectivity index (χ3v) is 5.89. The number of amides is 2. The van der Waals surface area contributed by atoms with Gasteiger partial charge in [-0.2, -0.15) is 0 Å². The van der Waals surface area contributed by atoms with E-state index in [0.29, 0.717) is 54.8 Å². The lowest BCUT2D eigenvalue weighted by Crippen LogP contribution is -2.49. The number of carbonyl (C=O) groups excluding carboxylic acids is 1. The van der Waals surface area contributed by atoms with Gasteiger partial charge in [-0.05, 0) is 48.5 Å². The first-order chi connectivity index (χ1) is 16.1. The standard InChI is InChI=1S/C24H22ClFN6O/c25-17-4-1-6-19(14-17)28-24(33)31-12-10-30(11-13-31)16-22-29-21-8-3-9-27-23(21)32(22)20-7-2-5-18(26)15-20/h1-9,14-15H,10-13,16H2,(H,28,33). The number of nitrogens with zero attached hydrogens (tertiary/aromatic N) is 5. The summed E-state index contributed by atoms with van der Waals surface area (Å²) in [5.41, 5.74) is 2.81. The van der Waals surface area contributed by atoms with Gasteiger partial charge in [0.15, 0.2) is 5.65 Å². The molecule has 33 heavy (non-hydrogen) atoms. The Morgan fingerprint density at radius 1 is 1.03 bits per heavy atom. The van der Waals surface area contributed by atoms with Crippen LogP contribution in [-0.2, 0) is 6.54 Å². The van der Waals surface area contributed by atoms with Crippen molar-refractivity contribution in [3.8, 4) is 5.69 Å². The van der Waals surface area contributed by atoms with Crippen LogP contribution in [0.15, 0.2) is 66.9 Å². The molecule has 4 aromatic rings. The van der Waals surface area contributed by atoms with E-state index in [1.807, 2.05) is 28.8 Å². The van der Waals surface area contributed by atoms with Gasteiger partial charge in [-0.3, -0.25) is 9.47 Å². The first-order valence-corrected chi connectivity index (χ1v) is 11.1. The molecule has 9 heteroatoms. The molecule has 0 aliphatic carbocycles. The van der Waals surface area contributed by atoms with E-state index < -0.39 is 0 Å². The maximum Gasteiger partial charge on any atom is 0.321 e. The van der Waals surface area contributed by atoms with E-state index in [1.165, 1.54) is 12.1 Å². The number of hydrogen-bond acceptors (Lipinski definition) is 4. The lowest BCUT2D eigenvalue weighted by molar-refractivity contribution is 0.140. The molecule has 5 rings (SSSR count). The first-order valence-electron chi connectivity index (χ1n) is 10.7. The summed E-state index contributed by atoms with van der Waals surface area (Å²) in [4.78, 5) is 25.9. The molecule has 0 bridgehead atoms. The lowest BCUT2D eigenvalue weighted by Gasteiger charge is -2.34. The highest BCUT2D eigenvalue weighted by Crippen LogP contribution is 2.22. The summed E-state index contributed by atoms with van der Waals surface area (Å²) in [6.07, 6.45) is 1.71. The minimum Gasteiger partial charge on any atom is -0.322 e. The van der Waals surface area contributed by atoms with Gasteiger partial charge in [0.25, 0.3) is 0 Å². The second kappa shape index (κ2) is 9.17. The van der Waals surface area contributed by atoms with Gasteiger partial charge in [0.05, 0.1) is 12.2 Å². The number of carbonyl (C=O) groups is 1. The number of rotatable bonds is 4. The number of piperazine rings is 1. The van der Waals surface area contributed by atoms with Crippen molar-refractivity contribution in [1.29, 1.82) is 0 Å². The van der Waals surface area contributed by atoms with Crippen molar-refractivity contribution in [3.05, 3.63) is 83.5 Å². The molecule has 0 unspecified atom stereocenters. The molecule has 7 nitrogen and oxygen atoms in total. The van der Waals surface area contributed by atoms with Crippen LogP contribution in [0, 0.1) is 5.82 Å². The average molecular weight is 465 g/mol. The Labute approximate surface area is 195 Å². The number of nitrogens with one attached hydrogen (secondary N) is 1. The molecule has 1 saturated heterocycles. The number of fused-ring (bicyclic) bond motifs is 1. The molecule has 1 N–H and O–H groups in total. The number of anilines is 1. The predicted molar refractivity (Wildman–Crippen MR) is 126 cm³/mol. The van der Waals surface area contributed by atoms with Crippen LogP contribution in [-0.4, -0.2) is 56.5 Å². The van der Waals surface area contributed by atoms with E-state index >= 15 is 0 Å². The monoisotopic (exact) mass is 464 g/mol. The third kappa shape index (κ3) is 4.67. The van der Waals surface area contributed by atoms with Crippen molar-refractivity contribution < 1.29 is 9.18 Å². The third-order valence-electron chi connectivity index (χ3n) is 5.65. The van der Waals surface area contributed by atoms with Gasteiger partial charge in [-0.25, -0.2) is 19.2 Å². The van der Waals surface area contributed by atoms with Crippen LogP contribution in [0.4, 0.5) is 14.9 Å². The van der Waals surface area contributed by atoms with Crippen molar-refractivity contribution in [2.45, 2.75) is 6.54 Å². The number of urea groups is 1. The minimum atomic E-state index is -0.310. The van der Waals surface area contributed by atoms with E-state index in [-0.39, 0.29) is 11.8 Å². The van der Waals surface area contributed by atoms with Gasteiger partial charge >= 0.3 is 6.03 Å². The van der Waals surface area contributed by atoms with Crippen molar-refractivity contribution >= 4 is 34.5 Å². The fourth-order valence-electron chi connectivity index (χ4n) is 4.03. The predicted octanol–water partition coefficient (Wildman–Crippen LogP) is 4.56. The molecule has 3 heterocycles. The number of pyridine rings is 1. The van der Waals surface area contributed by atoms with Crippen LogP contribution >= 0.6 is 11.6 Å². The highest BCUT2D eigenvalue weighted by atomic mass is 35.5. The highest BCUT2D eigenvalue weighted by molar-refractivity contribution is 6.30. The van der Waals surface area contributed by atoms with E-state index in [0.717, 1.165) is 11.3 Å². The molecular formula is C24H22ClFN6O. The van der Waals surface area contributed by atoms with Crippen LogP contribution < -0.4 is 5.32 Å². The summed E-state index contributed by atoms with van der Waals surface area (Å²) in [6, 6.07) is 17.1. The fraction of sp³-hybridized carbons (Fsp3) is 0.208. The lowest BCUT2D eigenvalue weighted by atomic mass is 10.3. The van der Waals surface area contributed by atoms with Crippen LogP contribution in [0.1, 0.15) is 5.82 Å². The van der Waals surface area contributed by atoms with Crippen LogP contribution in [0.3, 0.4) is 0 Å². The maximum atomic E-state index is 13.9. The summed E-state index contributed by atoms with van der Waals surface area (Å²) in [5.74, 6) is 0.474. The molecule has 1 fully saturated rings. The Morgan fingerprint density at radius 2 is 1.85 bits per heavy atom. The Balaban J connectivity index is 1.30. The number of benzene rings is 2. The van der Waals surface area contributed by atoms with Crippen LogP contribution in [0.25, 0.3) is 16.9 Å². The summed E-state index contributed by atoms with van der Waals surface area (Å²) in [6.45, 7) is 3.14. The smallest absolute Gasteiger partial charge is 0.321 e. The Kier molecular flexibility index (Phi) is 5.93. The molecule has 168 valence electrons. The van der Waals surface area contributed by atoms with E-state index in [4.69, 9.17) is 16.6 Å². The van der Waals surface area contributed by atoms with Crippen molar-refractivity contribution in [2.24, 2.45) is 0 Å². The number of halogens is 2. The van der Waals surface area contributed by atoms with Gasteiger partial charge in [-0.1, -0.05) is 23.7 Å².